The summed E-state index contributed by atoms with van der Waals surface area (Å²) in [6.07, 6.45) is 1.56. The highest BCUT2D eigenvalue weighted by Crippen LogP contribution is 2.24. The van der Waals surface area contributed by atoms with E-state index in [0.717, 1.165) is 38.0 Å². The van der Waals surface area contributed by atoms with Crippen LogP contribution in [0.2, 0.25) is 5.02 Å². The topological polar surface area (TPSA) is 79.9 Å². The third-order valence-corrected chi connectivity index (χ3v) is 5.17. The molecule has 0 radical (unpaired) electrons. The second-order valence-electron chi connectivity index (χ2n) is 8.62. The maximum absolute atomic E-state index is 12.6. The number of amides is 2. The number of carbonyl (C=O) groups is 2. The molecule has 0 heterocycles. The van der Waals surface area contributed by atoms with Crippen LogP contribution in [0.15, 0.2) is 42.5 Å². The zero-order valence-corrected chi connectivity index (χ0v) is 20.6. The van der Waals surface area contributed by atoms with E-state index in [9.17, 15) is 9.59 Å². The molecule has 0 fully saturated rings. The van der Waals surface area contributed by atoms with E-state index in [-0.39, 0.29) is 11.5 Å². The number of rotatable bonds is 13. The maximum atomic E-state index is 12.6. The van der Waals surface area contributed by atoms with Gasteiger partial charge in [0.1, 0.15) is 5.75 Å². The molecule has 0 spiro atoms. The minimum Gasteiger partial charge on any atom is -0.496 e. The van der Waals surface area contributed by atoms with E-state index in [1.807, 2.05) is 45.0 Å². The van der Waals surface area contributed by atoms with Crippen LogP contribution in [-0.4, -0.2) is 62.7 Å². The lowest BCUT2D eigenvalue weighted by Gasteiger charge is -2.25. The highest BCUT2D eigenvalue weighted by Gasteiger charge is 2.14. The zero-order chi connectivity index (χ0) is 24.3. The lowest BCUT2D eigenvalue weighted by Crippen LogP contribution is -2.37. The smallest absolute Gasteiger partial charge is 0.259 e. The summed E-state index contributed by atoms with van der Waals surface area (Å²) in [5.41, 5.74) is 2.04. The average Bonchev–Trinajstić information content (AvgIpc) is 2.77. The van der Waals surface area contributed by atoms with Crippen molar-refractivity contribution in [1.29, 1.82) is 0 Å². The quantitative estimate of drug-likeness (QED) is 0.338. The first-order chi connectivity index (χ1) is 15.7. The Balaban J connectivity index is 1.92. The lowest BCUT2D eigenvalue weighted by molar-refractivity contribution is -0.109. The molecular weight excluding hydrogens is 442 g/mol. The third kappa shape index (κ3) is 9.82. The van der Waals surface area contributed by atoms with E-state index >= 15 is 0 Å². The number of carbonyl (C=O) groups excluding carboxylic acids is 2. The Morgan fingerprint density at radius 3 is 2.45 bits per heavy atom. The van der Waals surface area contributed by atoms with E-state index in [0.29, 0.717) is 35.2 Å². The SMILES string of the molecule is COc1ccc(Cl)cc1C(=O)Nc1ccc(CCN(CCNC=O)CCOC(C)(C)C)cc1. The molecule has 180 valence electrons. The van der Waals surface area contributed by atoms with Gasteiger partial charge in [0, 0.05) is 36.9 Å². The van der Waals surface area contributed by atoms with Gasteiger partial charge in [-0.15, -0.1) is 0 Å². The monoisotopic (exact) mass is 475 g/mol. The van der Waals surface area contributed by atoms with Crippen LogP contribution in [0.4, 0.5) is 5.69 Å². The molecule has 0 aliphatic heterocycles. The van der Waals surface area contributed by atoms with Crippen LogP contribution >= 0.6 is 11.6 Å². The fourth-order valence-electron chi connectivity index (χ4n) is 3.20. The highest BCUT2D eigenvalue weighted by molar-refractivity contribution is 6.31. The van der Waals surface area contributed by atoms with E-state index in [1.54, 1.807) is 18.2 Å². The van der Waals surface area contributed by atoms with Crippen LogP contribution in [0.5, 0.6) is 5.75 Å². The lowest BCUT2D eigenvalue weighted by atomic mass is 10.1. The van der Waals surface area contributed by atoms with Gasteiger partial charge in [0.25, 0.3) is 5.91 Å². The van der Waals surface area contributed by atoms with Crippen molar-refractivity contribution in [3.63, 3.8) is 0 Å². The van der Waals surface area contributed by atoms with Crippen LogP contribution in [0, 0.1) is 0 Å². The van der Waals surface area contributed by atoms with Crippen LogP contribution < -0.4 is 15.4 Å². The first kappa shape index (κ1) is 26.6. The molecule has 2 aromatic rings. The molecule has 2 rings (SSSR count). The van der Waals surface area contributed by atoms with Crippen molar-refractivity contribution in [2.75, 3.05) is 45.2 Å². The summed E-state index contributed by atoms with van der Waals surface area (Å²) in [5.74, 6) is 0.183. The van der Waals surface area contributed by atoms with Gasteiger partial charge in [-0.05, 0) is 63.1 Å². The molecule has 0 saturated carbocycles. The number of hydrogen-bond donors (Lipinski definition) is 2. The molecule has 8 heteroatoms. The van der Waals surface area contributed by atoms with Gasteiger partial charge in [0.2, 0.25) is 6.41 Å². The minimum atomic E-state index is -0.283. The molecule has 0 saturated heterocycles. The number of methoxy groups -OCH3 is 1. The zero-order valence-electron chi connectivity index (χ0n) is 19.8. The molecule has 0 unspecified atom stereocenters. The normalized spacial score (nSPS) is 11.3. The minimum absolute atomic E-state index is 0.178. The molecule has 0 aliphatic carbocycles. The standard InChI is InChI=1S/C25H34ClN3O4/c1-25(2,3)33-16-15-29(14-12-27-18-30)13-11-19-5-8-21(9-6-19)28-24(31)22-17-20(26)7-10-23(22)32-4/h5-10,17-18H,11-16H2,1-4H3,(H,27,30)(H,28,31). The molecule has 0 atom stereocenters. The van der Waals surface area contributed by atoms with E-state index in [1.165, 1.54) is 7.11 Å². The summed E-state index contributed by atoms with van der Waals surface area (Å²) in [6.45, 7) is 9.70. The third-order valence-electron chi connectivity index (χ3n) is 4.93. The molecule has 2 aromatic carbocycles. The molecule has 33 heavy (non-hydrogen) atoms. The number of nitrogens with one attached hydrogen (secondary N) is 2. The molecule has 7 nitrogen and oxygen atoms in total. The van der Waals surface area contributed by atoms with Crippen LogP contribution in [0.25, 0.3) is 0 Å². The van der Waals surface area contributed by atoms with Gasteiger partial charge >= 0.3 is 0 Å². The Bertz CT molecular complexity index is 898. The molecular formula is C25H34ClN3O4. The molecule has 0 aromatic heterocycles. The van der Waals surface area contributed by atoms with Gasteiger partial charge in [-0.3, -0.25) is 14.5 Å². The Labute approximate surface area is 201 Å². The average molecular weight is 476 g/mol. The Hall–Kier alpha value is -2.61. The van der Waals surface area contributed by atoms with Crippen molar-refractivity contribution in [1.82, 2.24) is 10.2 Å². The van der Waals surface area contributed by atoms with Gasteiger partial charge in [0.15, 0.2) is 0 Å². The van der Waals surface area contributed by atoms with Crippen molar-refractivity contribution < 1.29 is 19.1 Å². The number of hydrogen-bond acceptors (Lipinski definition) is 5. The first-order valence-electron chi connectivity index (χ1n) is 11.0. The van der Waals surface area contributed by atoms with E-state index in [2.05, 4.69) is 15.5 Å². The molecule has 0 aliphatic rings. The molecule has 2 N–H and O–H groups in total. The molecule has 0 bridgehead atoms. The predicted molar refractivity (Wildman–Crippen MR) is 132 cm³/mol. The number of nitrogens with zero attached hydrogens (tertiary/aromatic N) is 1. The van der Waals surface area contributed by atoms with Gasteiger partial charge in [0.05, 0.1) is 24.9 Å². The highest BCUT2D eigenvalue weighted by atomic mass is 35.5. The summed E-state index contributed by atoms with van der Waals surface area (Å²) in [4.78, 5) is 25.5. The van der Waals surface area contributed by atoms with Crippen molar-refractivity contribution in [3.05, 3.63) is 58.6 Å². The molecule has 2 amide bonds. The summed E-state index contributed by atoms with van der Waals surface area (Å²) >= 11 is 6.03. The summed E-state index contributed by atoms with van der Waals surface area (Å²) < 4.78 is 11.1. The van der Waals surface area contributed by atoms with E-state index in [4.69, 9.17) is 21.1 Å². The maximum Gasteiger partial charge on any atom is 0.259 e. The fourth-order valence-corrected chi connectivity index (χ4v) is 3.37. The number of ether oxygens (including phenoxy) is 2. The Morgan fingerprint density at radius 1 is 1.09 bits per heavy atom. The van der Waals surface area contributed by atoms with Gasteiger partial charge < -0.3 is 20.1 Å². The van der Waals surface area contributed by atoms with Gasteiger partial charge in [-0.2, -0.15) is 0 Å². The number of halogens is 1. The van der Waals surface area contributed by atoms with Crippen LogP contribution in [0.1, 0.15) is 36.7 Å². The van der Waals surface area contributed by atoms with Crippen molar-refractivity contribution in [2.45, 2.75) is 32.8 Å². The predicted octanol–water partition coefficient (Wildman–Crippen LogP) is 4.01. The summed E-state index contributed by atoms with van der Waals surface area (Å²) in [5, 5.41) is 6.07. The van der Waals surface area contributed by atoms with Crippen molar-refractivity contribution in [2.24, 2.45) is 0 Å². The largest absolute Gasteiger partial charge is 0.496 e. The number of benzene rings is 2. The fraction of sp³-hybridized carbons (Fsp3) is 0.440. The van der Waals surface area contributed by atoms with Crippen molar-refractivity contribution >= 4 is 29.6 Å². The van der Waals surface area contributed by atoms with Gasteiger partial charge in [-0.25, -0.2) is 0 Å². The Morgan fingerprint density at radius 2 is 1.82 bits per heavy atom. The van der Waals surface area contributed by atoms with Gasteiger partial charge in [-0.1, -0.05) is 23.7 Å². The Kier molecular flexibility index (Phi) is 10.6. The first-order valence-corrected chi connectivity index (χ1v) is 11.4. The van der Waals surface area contributed by atoms with E-state index < -0.39 is 0 Å². The number of anilines is 1. The van der Waals surface area contributed by atoms with Crippen LogP contribution in [0.3, 0.4) is 0 Å². The van der Waals surface area contributed by atoms with Crippen molar-refractivity contribution in [3.8, 4) is 5.75 Å². The summed E-state index contributed by atoms with van der Waals surface area (Å²) in [7, 11) is 1.52. The second kappa shape index (κ2) is 13.2. The summed E-state index contributed by atoms with van der Waals surface area (Å²) in [6, 6.07) is 12.7. The van der Waals surface area contributed by atoms with Crippen LogP contribution in [-0.2, 0) is 16.0 Å². The second-order valence-corrected chi connectivity index (χ2v) is 9.06.